The molecule has 12 heavy (non-hydrogen) atoms. The summed E-state index contributed by atoms with van der Waals surface area (Å²) in [6.07, 6.45) is 2.69. The van der Waals surface area contributed by atoms with E-state index >= 15 is 0 Å². The molecule has 1 rings (SSSR count). The maximum atomic E-state index is 10.4. The minimum Gasteiger partial charge on any atom is -0.476 e. The van der Waals surface area contributed by atoms with Gasteiger partial charge in [-0.25, -0.2) is 9.78 Å². The Morgan fingerprint density at radius 1 is 1.67 bits per heavy atom. The predicted molar refractivity (Wildman–Crippen MR) is 43.2 cm³/mol. The summed E-state index contributed by atoms with van der Waals surface area (Å²) in [6, 6.07) is 0. The van der Waals surface area contributed by atoms with Crippen LogP contribution in [-0.2, 0) is 0 Å². The van der Waals surface area contributed by atoms with E-state index in [1.54, 1.807) is 0 Å². The third-order valence-corrected chi connectivity index (χ3v) is 1.21. The number of carboxylic acid groups (broad SMARTS) is 1. The normalized spacial score (nSPS) is 9.42. The van der Waals surface area contributed by atoms with Crippen LogP contribution in [0.5, 0.6) is 0 Å². The minimum absolute atomic E-state index is 0.0477. The van der Waals surface area contributed by atoms with Crippen molar-refractivity contribution in [2.24, 2.45) is 0 Å². The third kappa shape index (κ3) is 1.91. The second kappa shape index (κ2) is 3.66. The van der Waals surface area contributed by atoms with E-state index in [0.717, 1.165) is 0 Å². The molecule has 0 aliphatic carbocycles. The average Bonchev–Trinajstić information content (AvgIpc) is 2.05. The van der Waals surface area contributed by atoms with Crippen LogP contribution in [0.4, 0.5) is 5.82 Å². The lowest BCUT2D eigenvalue weighted by Gasteiger charge is -2.00. The van der Waals surface area contributed by atoms with Crippen LogP contribution in [0, 0.1) is 0 Å². The monoisotopic (exact) mass is 167 g/mol. The van der Waals surface area contributed by atoms with Crippen molar-refractivity contribution in [2.45, 2.75) is 6.92 Å². The van der Waals surface area contributed by atoms with Gasteiger partial charge in [0.05, 0.1) is 12.4 Å². The highest BCUT2D eigenvalue weighted by Gasteiger charge is 2.04. The maximum Gasteiger partial charge on any atom is 0.356 e. The van der Waals surface area contributed by atoms with Crippen molar-refractivity contribution in [3.05, 3.63) is 18.1 Å². The highest BCUT2D eigenvalue weighted by atomic mass is 16.4. The first-order valence-corrected chi connectivity index (χ1v) is 3.53. The summed E-state index contributed by atoms with van der Waals surface area (Å²) < 4.78 is 0. The predicted octanol–water partition coefficient (Wildman–Crippen LogP) is 0.607. The number of nitrogens with one attached hydrogen (secondary N) is 1. The summed E-state index contributed by atoms with van der Waals surface area (Å²) >= 11 is 0. The summed E-state index contributed by atoms with van der Waals surface area (Å²) in [5, 5.41) is 11.4. The molecule has 5 heteroatoms. The van der Waals surface area contributed by atoms with Crippen molar-refractivity contribution < 1.29 is 9.90 Å². The van der Waals surface area contributed by atoms with Crippen molar-refractivity contribution in [3.63, 3.8) is 0 Å². The average molecular weight is 167 g/mol. The largest absolute Gasteiger partial charge is 0.476 e. The summed E-state index contributed by atoms with van der Waals surface area (Å²) in [7, 11) is 0. The van der Waals surface area contributed by atoms with Gasteiger partial charge in [0.15, 0.2) is 5.69 Å². The van der Waals surface area contributed by atoms with E-state index in [4.69, 9.17) is 5.11 Å². The van der Waals surface area contributed by atoms with E-state index in [0.29, 0.717) is 12.4 Å². The van der Waals surface area contributed by atoms with Gasteiger partial charge in [-0.2, -0.15) is 0 Å². The molecule has 1 aromatic heterocycles. The Labute approximate surface area is 69.5 Å². The molecular formula is C7H9N3O2. The Kier molecular flexibility index (Phi) is 2.57. The number of aromatic nitrogens is 2. The molecule has 0 saturated carbocycles. The van der Waals surface area contributed by atoms with Gasteiger partial charge in [-0.1, -0.05) is 0 Å². The molecule has 1 aromatic rings. The Morgan fingerprint density at radius 2 is 2.42 bits per heavy atom. The molecule has 0 aliphatic rings. The third-order valence-electron chi connectivity index (χ3n) is 1.21. The molecule has 1 heterocycles. The van der Waals surface area contributed by atoms with E-state index in [9.17, 15) is 4.79 Å². The quantitative estimate of drug-likeness (QED) is 0.689. The number of hydrogen-bond acceptors (Lipinski definition) is 4. The second-order valence-corrected chi connectivity index (χ2v) is 2.13. The number of carbonyl (C=O) groups is 1. The van der Waals surface area contributed by atoms with Crippen LogP contribution >= 0.6 is 0 Å². The van der Waals surface area contributed by atoms with Gasteiger partial charge in [0.2, 0.25) is 0 Å². The van der Waals surface area contributed by atoms with Gasteiger partial charge in [0.25, 0.3) is 0 Å². The molecule has 0 fully saturated rings. The summed E-state index contributed by atoms with van der Waals surface area (Å²) in [4.78, 5) is 17.9. The van der Waals surface area contributed by atoms with Crippen LogP contribution in [0.3, 0.4) is 0 Å². The number of carboxylic acids is 1. The zero-order chi connectivity index (χ0) is 8.97. The smallest absolute Gasteiger partial charge is 0.356 e. The van der Waals surface area contributed by atoms with Gasteiger partial charge in [-0.15, -0.1) is 0 Å². The van der Waals surface area contributed by atoms with Gasteiger partial charge in [-0.05, 0) is 6.92 Å². The Balaban J connectivity index is 2.88. The van der Waals surface area contributed by atoms with Crippen LogP contribution in [-0.4, -0.2) is 27.6 Å². The fraction of sp³-hybridized carbons (Fsp3) is 0.286. The SMILES string of the molecule is CCNc1cncc(C(=O)O)n1. The Hall–Kier alpha value is -1.65. The molecular weight excluding hydrogens is 158 g/mol. The van der Waals surface area contributed by atoms with Crippen molar-refractivity contribution in [1.82, 2.24) is 9.97 Å². The summed E-state index contributed by atoms with van der Waals surface area (Å²) in [5.41, 5.74) is -0.0477. The molecule has 0 aromatic carbocycles. The van der Waals surface area contributed by atoms with E-state index in [-0.39, 0.29) is 5.69 Å². The zero-order valence-electron chi connectivity index (χ0n) is 6.61. The first-order chi connectivity index (χ1) is 5.74. The minimum atomic E-state index is -1.07. The number of aromatic carboxylic acids is 1. The first kappa shape index (κ1) is 8.45. The number of rotatable bonds is 3. The standard InChI is InChI=1S/C7H9N3O2/c1-2-9-6-4-8-3-5(10-6)7(11)12/h3-4H,2H2,1H3,(H,9,10)(H,11,12). The maximum absolute atomic E-state index is 10.4. The lowest BCUT2D eigenvalue weighted by Crippen LogP contribution is -2.05. The van der Waals surface area contributed by atoms with Gasteiger partial charge in [0.1, 0.15) is 5.82 Å². The van der Waals surface area contributed by atoms with Gasteiger partial charge in [0, 0.05) is 6.54 Å². The molecule has 0 atom stereocenters. The molecule has 0 spiro atoms. The van der Waals surface area contributed by atoms with E-state index in [1.807, 2.05) is 6.92 Å². The van der Waals surface area contributed by atoms with Gasteiger partial charge in [-0.3, -0.25) is 4.98 Å². The molecule has 0 saturated heterocycles. The highest BCUT2D eigenvalue weighted by Crippen LogP contribution is 2.00. The van der Waals surface area contributed by atoms with Crippen LogP contribution in [0.2, 0.25) is 0 Å². The molecule has 2 N–H and O–H groups in total. The lowest BCUT2D eigenvalue weighted by molar-refractivity contribution is 0.0690. The first-order valence-electron chi connectivity index (χ1n) is 3.53. The fourth-order valence-corrected chi connectivity index (χ4v) is 0.735. The Morgan fingerprint density at radius 3 is 3.00 bits per heavy atom. The summed E-state index contributed by atoms with van der Waals surface area (Å²) in [6.45, 7) is 2.59. The van der Waals surface area contributed by atoms with Crippen LogP contribution in [0.1, 0.15) is 17.4 Å². The van der Waals surface area contributed by atoms with Crippen molar-refractivity contribution >= 4 is 11.8 Å². The lowest BCUT2D eigenvalue weighted by atomic mass is 10.4. The molecule has 0 bridgehead atoms. The van der Waals surface area contributed by atoms with Gasteiger partial charge >= 0.3 is 5.97 Å². The zero-order valence-corrected chi connectivity index (χ0v) is 6.61. The van der Waals surface area contributed by atoms with Crippen LogP contribution in [0.15, 0.2) is 12.4 Å². The molecule has 64 valence electrons. The van der Waals surface area contributed by atoms with Crippen molar-refractivity contribution in [1.29, 1.82) is 0 Å². The number of nitrogens with zero attached hydrogens (tertiary/aromatic N) is 2. The molecule has 0 aliphatic heterocycles. The molecule has 0 radical (unpaired) electrons. The topological polar surface area (TPSA) is 75.1 Å². The summed E-state index contributed by atoms with van der Waals surface area (Å²) in [5.74, 6) is -0.584. The molecule has 0 amide bonds. The van der Waals surface area contributed by atoms with Crippen molar-refractivity contribution in [3.8, 4) is 0 Å². The van der Waals surface area contributed by atoms with Crippen molar-refractivity contribution in [2.75, 3.05) is 11.9 Å². The Bertz CT molecular complexity index is 288. The number of anilines is 1. The molecule has 5 nitrogen and oxygen atoms in total. The van der Waals surface area contributed by atoms with Gasteiger partial charge < -0.3 is 10.4 Å². The van der Waals surface area contributed by atoms with Crippen LogP contribution in [0.25, 0.3) is 0 Å². The van der Waals surface area contributed by atoms with E-state index in [2.05, 4.69) is 15.3 Å². The van der Waals surface area contributed by atoms with Crippen LogP contribution < -0.4 is 5.32 Å². The second-order valence-electron chi connectivity index (χ2n) is 2.13. The van der Waals surface area contributed by atoms with E-state index < -0.39 is 5.97 Å². The molecule has 0 unspecified atom stereocenters. The van der Waals surface area contributed by atoms with E-state index in [1.165, 1.54) is 12.4 Å². The highest BCUT2D eigenvalue weighted by molar-refractivity contribution is 5.85. The fourth-order valence-electron chi connectivity index (χ4n) is 0.735. The number of hydrogen-bond donors (Lipinski definition) is 2.